The van der Waals surface area contributed by atoms with Crippen molar-refractivity contribution in [1.29, 1.82) is 0 Å². The molecule has 2 heterocycles. The number of methoxy groups -OCH3 is 1. The Morgan fingerprint density at radius 3 is 2.70 bits per heavy atom. The number of thiophene rings is 1. The molecule has 0 aliphatic heterocycles. The van der Waals surface area contributed by atoms with Crippen LogP contribution in [0.25, 0.3) is 21.3 Å². The zero-order valence-corrected chi connectivity index (χ0v) is 17.3. The number of benzene rings is 2. The van der Waals surface area contributed by atoms with Crippen LogP contribution in [0.15, 0.2) is 64.8 Å². The third kappa shape index (κ3) is 3.97. The summed E-state index contributed by atoms with van der Waals surface area (Å²) in [4.78, 5) is 30.4. The Morgan fingerprint density at radius 2 is 1.97 bits per heavy atom. The van der Waals surface area contributed by atoms with Crippen LogP contribution >= 0.6 is 11.3 Å². The molecule has 0 bridgehead atoms. The first-order valence-corrected chi connectivity index (χ1v) is 10.4. The summed E-state index contributed by atoms with van der Waals surface area (Å²) in [6.07, 6.45) is 0.574. The third-order valence-electron chi connectivity index (χ3n) is 4.94. The number of hydrogen-bond donors (Lipinski definition) is 1. The molecule has 0 spiro atoms. The highest BCUT2D eigenvalue weighted by atomic mass is 32.1. The first kappa shape index (κ1) is 19.8. The molecule has 152 valence electrons. The van der Waals surface area contributed by atoms with Crippen LogP contribution in [0.2, 0.25) is 0 Å². The van der Waals surface area contributed by atoms with Gasteiger partial charge >= 0.3 is 0 Å². The zero-order valence-electron chi connectivity index (χ0n) is 16.5. The van der Waals surface area contributed by atoms with Crippen LogP contribution < -0.4 is 16.0 Å². The number of hydrogen-bond acceptors (Lipinski definition) is 5. The molecular weight excluding hydrogens is 398 g/mol. The molecule has 30 heavy (non-hydrogen) atoms. The van der Waals surface area contributed by atoms with E-state index in [-0.39, 0.29) is 18.5 Å². The smallest absolute Gasteiger partial charge is 0.262 e. The summed E-state index contributed by atoms with van der Waals surface area (Å²) < 4.78 is 6.90. The lowest BCUT2D eigenvalue weighted by Gasteiger charge is -2.12. The lowest BCUT2D eigenvalue weighted by molar-refractivity contribution is -0.118. The van der Waals surface area contributed by atoms with Gasteiger partial charge in [0.15, 0.2) is 0 Å². The van der Waals surface area contributed by atoms with Gasteiger partial charge in [-0.15, -0.1) is 11.3 Å². The molecule has 0 aliphatic carbocycles. The number of carbonyl (C=O) groups is 1. The van der Waals surface area contributed by atoms with Crippen LogP contribution in [-0.4, -0.2) is 22.6 Å². The second-order valence-electron chi connectivity index (χ2n) is 6.92. The minimum absolute atomic E-state index is 0.0769. The van der Waals surface area contributed by atoms with Gasteiger partial charge in [0.25, 0.3) is 5.56 Å². The summed E-state index contributed by atoms with van der Waals surface area (Å²) >= 11 is 1.44. The number of amides is 1. The van der Waals surface area contributed by atoms with Crippen molar-refractivity contribution in [2.75, 3.05) is 7.11 Å². The number of rotatable bonds is 7. The molecule has 2 aromatic carbocycles. The van der Waals surface area contributed by atoms with Crippen molar-refractivity contribution in [3.63, 3.8) is 0 Å². The Bertz CT molecular complexity index is 1260. The standard InChI is InChI=1S/C23H21N3O3S/c1-29-17-9-5-8-16(13-17)18-14-30-22-21(18)23(28)26(11-10-19(24)27)20(25-22)12-15-6-3-2-4-7-15/h2-9,13-14H,10-12H2,1H3,(H2,24,27). The van der Waals surface area contributed by atoms with Gasteiger partial charge in [-0.05, 0) is 23.3 Å². The van der Waals surface area contributed by atoms with E-state index in [0.717, 1.165) is 22.4 Å². The van der Waals surface area contributed by atoms with Gasteiger partial charge in [-0.2, -0.15) is 0 Å². The highest BCUT2D eigenvalue weighted by Gasteiger charge is 2.18. The summed E-state index contributed by atoms with van der Waals surface area (Å²) in [5.41, 5.74) is 7.93. The van der Waals surface area contributed by atoms with Crippen LogP contribution in [0.1, 0.15) is 17.8 Å². The fourth-order valence-corrected chi connectivity index (χ4v) is 4.39. The Hall–Kier alpha value is -3.45. The number of nitrogens with two attached hydrogens (primary N) is 1. The number of nitrogens with zero attached hydrogens (tertiary/aromatic N) is 2. The van der Waals surface area contributed by atoms with Crippen LogP contribution in [0.3, 0.4) is 0 Å². The van der Waals surface area contributed by atoms with E-state index >= 15 is 0 Å². The van der Waals surface area contributed by atoms with E-state index in [2.05, 4.69) is 0 Å². The molecular formula is C23H21N3O3S. The van der Waals surface area contributed by atoms with Crippen molar-refractivity contribution < 1.29 is 9.53 Å². The number of carbonyl (C=O) groups excluding carboxylic acids is 1. The second kappa shape index (κ2) is 8.51. The van der Waals surface area contributed by atoms with Gasteiger partial charge in [-0.1, -0.05) is 42.5 Å². The molecule has 7 heteroatoms. The molecule has 4 rings (SSSR count). The Morgan fingerprint density at radius 1 is 1.17 bits per heavy atom. The molecule has 0 unspecified atom stereocenters. The number of primary amides is 1. The predicted octanol–water partition coefficient (Wildman–Crippen LogP) is 3.60. The van der Waals surface area contributed by atoms with E-state index in [1.54, 1.807) is 11.7 Å². The number of fused-ring (bicyclic) bond motifs is 1. The second-order valence-corrected chi connectivity index (χ2v) is 7.78. The SMILES string of the molecule is COc1cccc(-c2csc3nc(Cc4ccccc4)n(CCC(N)=O)c(=O)c23)c1. The number of aromatic nitrogens is 2. The van der Waals surface area contributed by atoms with Gasteiger partial charge in [-0.3, -0.25) is 14.2 Å². The van der Waals surface area contributed by atoms with Crippen LogP contribution in [-0.2, 0) is 17.8 Å². The van der Waals surface area contributed by atoms with Gasteiger partial charge in [0, 0.05) is 30.3 Å². The monoisotopic (exact) mass is 419 g/mol. The minimum Gasteiger partial charge on any atom is -0.497 e. The van der Waals surface area contributed by atoms with Crippen molar-refractivity contribution in [2.45, 2.75) is 19.4 Å². The molecule has 0 saturated carbocycles. The maximum atomic E-state index is 13.5. The van der Waals surface area contributed by atoms with Crippen LogP contribution in [0.4, 0.5) is 0 Å². The highest BCUT2D eigenvalue weighted by Crippen LogP contribution is 2.33. The first-order chi connectivity index (χ1) is 14.6. The highest BCUT2D eigenvalue weighted by molar-refractivity contribution is 7.17. The van der Waals surface area contributed by atoms with E-state index in [1.165, 1.54) is 11.3 Å². The number of ether oxygens (including phenoxy) is 1. The maximum absolute atomic E-state index is 13.5. The lowest BCUT2D eigenvalue weighted by Crippen LogP contribution is -2.27. The van der Waals surface area contributed by atoms with Crippen molar-refractivity contribution in [3.8, 4) is 16.9 Å². The molecule has 0 saturated heterocycles. The molecule has 2 aromatic heterocycles. The molecule has 0 atom stereocenters. The molecule has 1 amide bonds. The average Bonchev–Trinajstić information content (AvgIpc) is 3.18. The van der Waals surface area contributed by atoms with Gasteiger partial charge in [0.1, 0.15) is 16.4 Å². The maximum Gasteiger partial charge on any atom is 0.262 e. The summed E-state index contributed by atoms with van der Waals surface area (Å²) in [6.45, 7) is 0.201. The van der Waals surface area contributed by atoms with Gasteiger partial charge < -0.3 is 10.5 Å². The normalized spacial score (nSPS) is 11.0. The topological polar surface area (TPSA) is 87.2 Å². The molecule has 0 aliphatic rings. The van der Waals surface area contributed by atoms with Crippen molar-refractivity contribution in [3.05, 3.63) is 81.7 Å². The van der Waals surface area contributed by atoms with Crippen LogP contribution in [0.5, 0.6) is 5.75 Å². The molecule has 0 radical (unpaired) electrons. The summed E-state index contributed by atoms with van der Waals surface area (Å²) in [6, 6.07) is 17.4. The average molecular weight is 420 g/mol. The molecule has 0 fully saturated rings. The third-order valence-corrected chi connectivity index (χ3v) is 5.81. The Labute approximate surface area is 177 Å². The summed E-state index contributed by atoms with van der Waals surface area (Å²) in [5, 5.41) is 2.49. The van der Waals surface area contributed by atoms with E-state index in [1.807, 2.05) is 60.0 Å². The van der Waals surface area contributed by atoms with E-state index in [4.69, 9.17) is 15.5 Å². The fourth-order valence-electron chi connectivity index (χ4n) is 3.44. The molecule has 2 N–H and O–H groups in total. The largest absolute Gasteiger partial charge is 0.497 e. The van der Waals surface area contributed by atoms with Gasteiger partial charge in [-0.25, -0.2) is 4.98 Å². The summed E-state index contributed by atoms with van der Waals surface area (Å²) in [5.74, 6) is 0.888. The quantitative estimate of drug-likeness (QED) is 0.496. The van der Waals surface area contributed by atoms with Crippen molar-refractivity contribution in [2.24, 2.45) is 5.73 Å². The van der Waals surface area contributed by atoms with Gasteiger partial charge in [0.2, 0.25) is 5.91 Å². The summed E-state index contributed by atoms with van der Waals surface area (Å²) in [7, 11) is 1.61. The minimum atomic E-state index is -0.453. The Balaban J connectivity index is 1.87. The van der Waals surface area contributed by atoms with E-state index in [0.29, 0.717) is 22.5 Å². The van der Waals surface area contributed by atoms with E-state index in [9.17, 15) is 9.59 Å². The lowest BCUT2D eigenvalue weighted by atomic mass is 10.1. The van der Waals surface area contributed by atoms with E-state index < -0.39 is 5.91 Å². The van der Waals surface area contributed by atoms with Gasteiger partial charge in [0.05, 0.1) is 12.5 Å². The fraction of sp³-hybridized carbons (Fsp3) is 0.174. The predicted molar refractivity (Wildman–Crippen MR) is 119 cm³/mol. The Kier molecular flexibility index (Phi) is 5.63. The zero-order chi connectivity index (χ0) is 21.1. The van der Waals surface area contributed by atoms with Crippen molar-refractivity contribution >= 4 is 27.5 Å². The molecule has 6 nitrogen and oxygen atoms in total. The first-order valence-electron chi connectivity index (χ1n) is 9.54. The van der Waals surface area contributed by atoms with Crippen LogP contribution in [0, 0.1) is 0 Å². The molecule has 4 aromatic rings. The van der Waals surface area contributed by atoms with Crippen molar-refractivity contribution in [1.82, 2.24) is 9.55 Å².